The third kappa shape index (κ3) is 3.15. The number of para-hydroxylation sites is 1. The van der Waals surface area contributed by atoms with Crippen LogP contribution >= 0.6 is 0 Å². The second kappa shape index (κ2) is 6.59. The average Bonchev–Trinajstić information content (AvgIpc) is 2.59. The Labute approximate surface area is 141 Å². The van der Waals surface area contributed by atoms with Crippen molar-refractivity contribution >= 4 is 16.7 Å². The molecule has 0 saturated heterocycles. The molecule has 0 radical (unpaired) electrons. The third-order valence-electron chi connectivity index (χ3n) is 3.66. The van der Waals surface area contributed by atoms with E-state index in [0.717, 1.165) is 27.8 Å². The van der Waals surface area contributed by atoms with Gasteiger partial charge in [-0.2, -0.15) is 0 Å². The first-order chi connectivity index (χ1) is 11.6. The van der Waals surface area contributed by atoms with Crippen LogP contribution in [0, 0.1) is 6.92 Å². The molecule has 0 spiro atoms. The Bertz CT molecular complexity index is 911. The van der Waals surface area contributed by atoms with Gasteiger partial charge in [0.05, 0.1) is 0 Å². The molecule has 0 amide bonds. The fraction of sp³-hybridized carbons (Fsp3) is 0.0952. The molecule has 0 aliphatic rings. The Morgan fingerprint density at radius 3 is 2.25 bits per heavy atom. The number of hydrogen-bond acceptors (Lipinski definition) is 3. The number of hydrogen-bond donors (Lipinski definition) is 0. The van der Waals surface area contributed by atoms with Crippen LogP contribution in [0.15, 0.2) is 72.8 Å². The Kier molecular flexibility index (Phi) is 4.34. The summed E-state index contributed by atoms with van der Waals surface area (Å²) in [5.74, 6) is 1.59. The second-order valence-corrected chi connectivity index (χ2v) is 5.65. The van der Waals surface area contributed by atoms with Gasteiger partial charge in [0, 0.05) is 16.3 Å². The van der Waals surface area contributed by atoms with Crippen LogP contribution in [0.25, 0.3) is 10.8 Å². The lowest BCUT2D eigenvalue weighted by atomic mass is 10.0. The predicted octanol–water partition coefficient (Wildman–Crippen LogP) is 5.42. The van der Waals surface area contributed by atoms with Crippen molar-refractivity contribution in [3.63, 3.8) is 0 Å². The Hall–Kier alpha value is -3.07. The summed E-state index contributed by atoms with van der Waals surface area (Å²) in [6.45, 7) is 7.16. The minimum absolute atomic E-state index is 0.364. The SMILES string of the molecule is C=C(C)C(=O)Oc1c(C)cc(Oc2ccccc2)c2ccccc12. The van der Waals surface area contributed by atoms with Gasteiger partial charge in [0.2, 0.25) is 0 Å². The summed E-state index contributed by atoms with van der Waals surface area (Å²) < 4.78 is 11.6. The van der Waals surface area contributed by atoms with E-state index < -0.39 is 5.97 Å². The van der Waals surface area contributed by atoms with E-state index in [4.69, 9.17) is 9.47 Å². The summed E-state index contributed by atoms with van der Waals surface area (Å²) in [4.78, 5) is 11.9. The van der Waals surface area contributed by atoms with Crippen LogP contribution in [0.2, 0.25) is 0 Å². The maximum atomic E-state index is 11.9. The molecule has 0 saturated carbocycles. The molecule has 0 N–H and O–H groups in total. The lowest BCUT2D eigenvalue weighted by Crippen LogP contribution is -2.09. The number of benzene rings is 3. The predicted molar refractivity (Wildman–Crippen MR) is 95.7 cm³/mol. The quantitative estimate of drug-likeness (QED) is 0.366. The van der Waals surface area contributed by atoms with Crippen molar-refractivity contribution < 1.29 is 14.3 Å². The first-order valence-electron chi connectivity index (χ1n) is 7.69. The van der Waals surface area contributed by atoms with E-state index >= 15 is 0 Å². The summed E-state index contributed by atoms with van der Waals surface area (Å²) in [5, 5.41) is 1.72. The van der Waals surface area contributed by atoms with Crippen molar-refractivity contribution in [1.82, 2.24) is 0 Å². The zero-order chi connectivity index (χ0) is 17.1. The highest BCUT2D eigenvalue weighted by Crippen LogP contribution is 2.38. The molecule has 0 fully saturated rings. The minimum Gasteiger partial charge on any atom is -0.457 e. The highest BCUT2D eigenvalue weighted by Gasteiger charge is 2.15. The molecule has 0 atom stereocenters. The monoisotopic (exact) mass is 318 g/mol. The van der Waals surface area contributed by atoms with Gasteiger partial charge in [-0.05, 0) is 37.6 Å². The van der Waals surface area contributed by atoms with Crippen molar-refractivity contribution in [3.05, 3.63) is 78.4 Å². The largest absolute Gasteiger partial charge is 0.457 e. The maximum Gasteiger partial charge on any atom is 0.338 e. The van der Waals surface area contributed by atoms with Gasteiger partial charge in [-0.15, -0.1) is 0 Å². The van der Waals surface area contributed by atoms with Crippen LogP contribution < -0.4 is 9.47 Å². The highest BCUT2D eigenvalue weighted by molar-refractivity contribution is 5.98. The van der Waals surface area contributed by atoms with E-state index in [1.54, 1.807) is 6.92 Å². The Morgan fingerprint density at radius 2 is 1.58 bits per heavy atom. The van der Waals surface area contributed by atoms with Crippen LogP contribution in [-0.2, 0) is 4.79 Å². The molecule has 3 heteroatoms. The summed E-state index contributed by atoms with van der Waals surface area (Å²) in [6, 6.07) is 19.2. The van der Waals surface area contributed by atoms with E-state index in [-0.39, 0.29) is 0 Å². The molecule has 3 aromatic carbocycles. The molecular formula is C21H18O3. The van der Waals surface area contributed by atoms with Crippen LogP contribution in [0.5, 0.6) is 17.2 Å². The van der Waals surface area contributed by atoms with E-state index in [9.17, 15) is 4.79 Å². The molecule has 0 aliphatic carbocycles. The van der Waals surface area contributed by atoms with E-state index in [0.29, 0.717) is 11.3 Å². The lowest BCUT2D eigenvalue weighted by molar-refractivity contribution is -0.130. The molecule has 3 rings (SSSR count). The molecule has 0 bridgehead atoms. The number of esters is 1. The Balaban J connectivity index is 2.10. The van der Waals surface area contributed by atoms with Gasteiger partial charge >= 0.3 is 5.97 Å². The topological polar surface area (TPSA) is 35.5 Å². The smallest absolute Gasteiger partial charge is 0.338 e. The molecule has 0 aliphatic heterocycles. The lowest BCUT2D eigenvalue weighted by Gasteiger charge is -2.15. The van der Waals surface area contributed by atoms with Gasteiger partial charge in [-0.25, -0.2) is 4.79 Å². The molecule has 0 heterocycles. The summed E-state index contributed by atoms with van der Waals surface area (Å²) >= 11 is 0. The standard InChI is InChI=1S/C21H18O3/c1-14(2)21(22)24-20-15(3)13-19(17-11-7-8-12-18(17)20)23-16-9-5-4-6-10-16/h4-13H,1H2,2-3H3. The number of aryl methyl sites for hydroxylation is 1. The molecule has 0 unspecified atom stereocenters. The van der Waals surface area contributed by atoms with Crippen LogP contribution in [-0.4, -0.2) is 5.97 Å². The molecule has 120 valence electrons. The number of ether oxygens (including phenoxy) is 2. The highest BCUT2D eigenvalue weighted by atomic mass is 16.5. The number of fused-ring (bicyclic) bond motifs is 1. The van der Waals surface area contributed by atoms with Gasteiger partial charge in [0.25, 0.3) is 0 Å². The number of carbonyl (C=O) groups excluding carboxylic acids is 1. The summed E-state index contributed by atoms with van der Waals surface area (Å²) in [6.07, 6.45) is 0. The molecular weight excluding hydrogens is 300 g/mol. The zero-order valence-electron chi connectivity index (χ0n) is 13.7. The molecule has 24 heavy (non-hydrogen) atoms. The maximum absolute atomic E-state index is 11.9. The fourth-order valence-electron chi connectivity index (χ4n) is 2.46. The van der Waals surface area contributed by atoms with Crippen molar-refractivity contribution in [2.75, 3.05) is 0 Å². The minimum atomic E-state index is -0.431. The van der Waals surface area contributed by atoms with Crippen LogP contribution in [0.1, 0.15) is 12.5 Å². The van der Waals surface area contributed by atoms with Gasteiger partial charge in [0.15, 0.2) is 0 Å². The third-order valence-corrected chi connectivity index (χ3v) is 3.66. The van der Waals surface area contributed by atoms with Crippen LogP contribution in [0.3, 0.4) is 0 Å². The first-order valence-corrected chi connectivity index (χ1v) is 7.69. The molecule has 0 aromatic heterocycles. The number of rotatable bonds is 4. The van der Waals surface area contributed by atoms with Gasteiger partial charge < -0.3 is 9.47 Å². The summed E-state index contributed by atoms with van der Waals surface area (Å²) in [5.41, 5.74) is 1.19. The van der Waals surface area contributed by atoms with E-state index in [1.807, 2.05) is 67.6 Å². The van der Waals surface area contributed by atoms with Crippen molar-refractivity contribution in [2.24, 2.45) is 0 Å². The van der Waals surface area contributed by atoms with E-state index in [1.165, 1.54) is 0 Å². The average molecular weight is 318 g/mol. The van der Waals surface area contributed by atoms with Gasteiger partial charge in [-0.3, -0.25) is 0 Å². The number of carbonyl (C=O) groups is 1. The van der Waals surface area contributed by atoms with Crippen molar-refractivity contribution in [1.29, 1.82) is 0 Å². The first kappa shape index (κ1) is 15.8. The normalized spacial score (nSPS) is 10.4. The van der Waals surface area contributed by atoms with E-state index in [2.05, 4.69) is 6.58 Å². The Morgan fingerprint density at radius 1 is 0.958 bits per heavy atom. The fourth-order valence-corrected chi connectivity index (χ4v) is 2.46. The van der Waals surface area contributed by atoms with Crippen molar-refractivity contribution in [2.45, 2.75) is 13.8 Å². The molecule has 3 aromatic rings. The molecule has 3 nitrogen and oxygen atoms in total. The second-order valence-electron chi connectivity index (χ2n) is 5.65. The van der Waals surface area contributed by atoms with Gasteiger partial charge in [-0.1, -0.05) is 49.0 Å². The zero-order valence-corrected chi connectivity index (χ0v) is 13.7. The summed E-state index contributed by atoms with van der Waals surface area (Å²) in [7, 11) is 0. The van der Waals surface area contributed by atoms with Crippen molar-refractivity contribution in [3.8, 4) is 17.2 Å². The van der Waals surface area contributed by atoms with Crippen LogP contribution in [0.4, 0.5) is 0 Å². The van der Waals surface area contributed by atoms with Gasteiger partial charge in [0.1, 0.15) is 17.2 Å².